The van der Waals surface area contributed by atoms with Crippen molar-refractivity contribution in [2.45, 2.75) is 70.6 Å². The van der Waals surface area contributed by atoms with Gasteiger partial charge < -0.3 is 14.6 Å². The van der Waals surface area contributed by atoms with E-state index >= 15 is 0 Å². The van der Waals surface area contributed by atoms with E-state index in [4.69, 9.17) is 14.5 Å². The van der Waals surface area contributed by atoms with E-state index < -0.39 is 5.60 Å². The third kappa shape index (κ3) is 6.04. The summed E-state index contributed by atoms with van der Waals surface area (Å²) in [5.41, 5.74) is 3.73. The average molecular weight is 531 g/mol. The first-order chi connectivity index (χ1) is 18.7. The number of ketones is 1. The molecule has 5 rings (SSSR count). The molecule has 39 heavy (non-hydrogen) atoms. The molecule has 2 aromatic carbocycles. The molecule has 1 fully saturated rings. The minimum atomic E-state index is -1.08. The van der Waals surface area contributed by atoms with Gasteiger partial charge in [0.1, 0.15) is 11.6 Å². The second kappa shape index (κ2) is 11.3. The van der Waals surface area contributed by atoms with Crippen LogP contribution in [0.25, 0.3) is 0 Å². The van der Waals surface area contributed by atoms with Crippen LogP contribution < -0.4 is 9.47 Å². The Hall–Kier alpha value is -3.58. The van der Waals surface area contributed by atoms with E-state index in [1.165, 1.54) is 13.2 Å². The normalized spacial score (nSPS) is 20.5. The fraction of sp³-hybridized carbons (Fsp3) is 0.406. The van der Waals surface area contributed by atoms with Crippen molar-refractivity contribution in [3.05, 3.63) is 88.4 Å². The fourth-order valence-corrected chi connectivity index (χ4v) is 5.87. The molecule has 2 atom stereocenters. The Morgan fingerprint density at radius 1 is 1.21 bits per heavy atom. The first-order valence-corrected chi connectivity index (χ1v) is 13.6. The average Bonchev–Trinajstić information content (AvgIpc) is 3.33. The summed E-state index contributed by atoms with van der Waals surface area (Å²) in [5, 5.41) is 11.4. The molecule has 204 valence electrons. The van der Waals surface area contributed by atoms with Crippen molar-refractivity contribution in [3.8, 4) is 11.6 Å². The summed E-state index contributed by atoms with van der Waals surface area (Å²) in [6, 6.07) is 14.3. The third-order valence-electron chi connectivity index (χ3n) is 7.66. The van der Waals surface area contributed by atoms with Gasteiger partial charge in [-0.3, -0.25) is 9.79 Å². The smallest absolute Gasteiger partial charge is 0.214 e. The van der Waals surface area contributed by atoms with E-state index in [9.17, 15) is 14.3 Å². The number of carbonyl (C=O) groups excluding carboxylic acids is 1. The Labute approximate surface area is 228 Å². The molecule has 7 heteroatoms. The van der Waals surface area contributed by atoms with Crippen LogP contribution in [-0.2, 0) is 13.0 Å². The van der Waals surface area contributed by atoms with Crippen molar-refractivity contribution in [3.63, 3.8) is 0 Å². The van der Waals surface area contributed by atoms with Crippen molar-refractivity contribution in [1.82, 2.24) is 4.98 Å². The molecule has 0 radical (unpaired) electrons. The molecular formula is C32H35FN2O4. The van der Waals surface area contributed by atoms with Crippen molar-refractivity contribution >= 4 is 11.5 Å². The zero-order chi connectivity index (χ0) is 27.6. The van der Waals surface area contributed by atoms with Crippen LogP contribution in [-0.4, -0.2) is 40.4 Å². The Morgan fingerprint density at radius 2 is 2.05 bits per heavy atom. The quantitative estimate of drug-likeness (QED) is 0.338. The number of nitrogens with zero attached hydrogens (tertiary/aromatic N) is 2. The third-order valence-corrected chi connectivity index (χ3v) is 7.66. The van der Waals surface area contributed by atoms with Crippen LogP contribution in [0.3, 0.4) is 0 Å². The summed E-state index contributed by atoms with van der Waals surface area (Å²) in [4.78, 5) is 22.5. The lowest BCUT2D eigenvalue weighted by molar-refractivity contribution is -0.0168. The van der Waals surface area contributed by atoms with Gasteiger partial charge in [0, 0.05) is 47.4 Å². The second-order valence-corrected chi connectivity index (χ2v) is 11.0. The highest BCUT2D eigenvalue weighted by Gasteiger charge is 2.37. The topological polar surface area (TPSA) is 81.0 Å². The van der Waals surface area contributed by atoms with Gasteiger partial charge in [0.05, 0.1) is 31.1 Å². The number of hydrogen-bond acceptors (Lipinski definition) is 6. The molecule has 0 amide bonds. The zero-order valence-corrected chi connectivity index (χ0v) is 22.7. The minimum absolute atomic E-state index is 0.0148. The van der Waals surface area contributed by atoms with Crippen LogP contribution in [0.4, 0.5) is 4.39 Å². The first kappa shape index (κ1) is 27.0. The van der Waals surface area contributed by atoms with Crippen molar-refractivity contribution in [2.75, 3.05) is 7.11 Å². The van der Waals surface area contributed by atoms with Crippen LogP contribution in [0.1, 0.15) is 78.6 Å². The van der Waals surface area contributed by atoms with Gasteiger partial charge in [0.15, 0.2) is 5.78 Å². The molecule has 2 aliphatic rings. The van der Waals surface area contributed by atoms with Gasteiger partial charge in [-0.2, -0.15) is 0 Å². The van der Waals surface area contributed by atoms with Crippen LogP contribution in [0.2, 0.25) is 0 Å². The standard InChI is InChI=1S/C32H35FN2O4/c1-20(2)39-30-16-23(11-13-34-30)31-25-15-22(9-10-24(25)19-35-31)28(36)14-21-6-5-12-32(37,17-21)18-26-27(33)7-4-8-29(26)38-3/h4,7-11,13,15-16,20-21,37H,5-6,12,14,17-19H2,1-3H3/t21-,32+/m0/s1. The second-order valence-electron chi connectivity index (χ2n) is 11.0. The van der Waals surface area contributed by atoms with E-state index in [0.29, 0.717) is 48.6 Å². The molecule has 0 unspecified atom stereocenters. The Morgan fingerprint density at radius 3 is 2.85 bits per heavy atom. The number of fused-ring (bicyclic) bond motifs is 1. The van der Waals surface area contributed by atoms with E-state index in [2.05, 4.69) is 4.98 Å². The number of benzene rings is 2. The molecule has 1 saturated carbocycles. The summed E-state index contributed by atoms with van der Waals surface area (Å²) in [6.07, 6.45) is 4.89. The monoisotopic (exact) mass is 530 g/mol. The van der Waals surface area contributed by atoms with Gasteiger partial charge in [-0.25, -0.2) is 9.37 Å². The Bertz CT molecular complexity index is 1400. The molecule has 3 aromatic rings. The van der Waals surface area contributed by atoms with Gasteiger partial charge in [-0.1, -0.05) is 24.6 Å². The summed E-state index contributed by atoms with van der Waals surface area (Å²) in [6.45, 7) is 4.48. The highest BCUT2D eigenvalue weighted by Crippen LogP contribution is 2.39. The minimum Gasteiger partial charge on any atom is -0.496 e. The SMILES string of the molecule is COc1cccc(F)c1C[C@@]1(O)CCC[C@@H](CC(=O)c2ccc3c(c2)C(c2ccnc(OC(C)C)c2)=NC3)C1. The molecule has 0 spiro atoms. The van der Waals surface area contributed by atoms with Gasteiger partial charge in [0.2, 0.25) is 5.88 Å². The lowest BCUT2D eigenvalue weighted by atomic mass is 9.73. The number of pyridine rings is 1. The lowest BCUT2D eigenvalue weighted by Gasteiger charge is -2.37. The number of ether oxygens (including phenoxy) is 2. The van der Waals surface area contributed by atoms with Gasteiger partial charge in [-0.15, -0.1) is 0 Å². The maximum absolute atomic E-state index is 14.6. The number of rotatable bonds is 9. The maximum Gasteiger partial charge on any atom is 0.214 e. The summed E-state index contributed by atoms with van der Waals surface area (Å²) >= 11 is 0. The van der Waals surface area contributed by atoms with Crippen LogP contribution in [0.5, 0.6) is 11.6 Å². The van der Waals surface area contributed by atoms with E-state index in [1.54, 1.807) is 18.3 Å². The van der Waals surface area contributed by atoms with E-state index in [0.717, 1.165) is 35.2 Å². The molecule has 6 nitrogen and oxygen atoms in total. The number of aliphatic hydroxyl groups is 1. The van der Waals surface area contributed by atoms with E-state index in [1.807, 2.05) is 44.2 Å². The van der Waals surface area contributed by atoms with Gasteiger partial charge in [-0.05, 0) is 68.9 Å². The van der Waals surface area contributed by atoms with Crippen LogP contribution in [0.15, 0.2) is 59.7 Å². The highest BCUT2D eigenvalue weighted by atomic mass is 19.1. The van der Waals surface area contributed by atoms with Gasteiger partial charge in [0.25, 0.3) is 0 Å². The summed E-state index contributed by atoms with van der Waals surface area (Å²) in [5.74, 6) is 0.665. The molecule has 1 N–H and O–H groups in total. The largest absolute Gasteiger partial charge is 0.496 e. The van der Waals surface area contributed by atoms with Crippen molar-refractivity contribution in [2.24, 2.45) is 10.9 Å². The fourth-order valence-electron chi connectivity index (χ4n) is 5.87. The Kier molecular flexibility index (Phi) is 7.80. The molecule has 1 aliphatic heterocycles. The number of aromatic nitrogens is 1. The van der Waals surface area contributed by atoms with Crippen LogP contribution >= 0.6 is 0 Å². The molecule has 2 heterocycles. The van der Waals surface area contributed by atoms with Crippen molar-refractivity contribution < 1.29 is 23.8 Å². The number of halogens is 1. The van der Waals surface area contributed by atoms with Crippen molar-refractivity contribution in [1.29, 1.82) is 0 Å². The molecule has 0 bridgehead atoms. The Balaban J connectivity index is 1.30. The maximum atomic E-state index is 14.6. The number of aliphatic imine (C=N–C) groups is 1. The molecule has 1 aliphatic carbocycles. The number of hydrogen-bond donors (Lipinski definition) is 1. The van der Waals surface area contributed by atoms with Gasteiger partial charge >= 0.3 is 0 Å². The predicted octanol–water partition coefficient (Wildman–Crippen LogP) is 6.10. The first-order valence-electron chi connectivity index (χ1n) is 13.6. The predicted molar refractivity (Wildman–Crippen MR) is 148 cm³/mol. The molecule has 1 aromatic heterocycles. The lowest BCUT2D eigenvalue weighted by Crippen LogP contribution is -2.38. The number of carbonyl (C=O) groups is 1. The van der Waals surface area contributed by atoms with E-state index in [-0.39, 0.29) is 30.0 Å². The highest BCUT2D eigenvalue weighted by molar-refractivity contribution is 6.16. The molecule has 0 saturated heterocycles. The zero-order valence-electron chi connectivity index (χ0n) is 22.7. The molecular weight excluding hydrogens is 495 g/mol. The number of Topliss-reactive ketones (excluding diaryl/α,β-unsaturated/α-hetero) is 1. The van der Waals surface area contributed by atoms with Crippen LogP contribution in [0, 0.1) is 11.7 Å². The summed E-state index contributed by atoms with van der Waals surface area (Å²) in [7, 11) is 1.50. The summed E-state index contributed by atoms with van der Waals surface area (Å²) < 4.78 is 25.7. The number of methoxy groups -OCH3 is 1.